The third kappa shape index (κ3) is 50.5. The second-order valence-electron chi connectivity index (χ2n) is 19.4. The van der Waals surface area contributed by atoms with Crippen molar-refractivity contribution < 1.29 is 85.8 Å². The van der Waals surface area contributed by atoms with E-state index < -0.39 is 81.3 Å². The minimum Gasteiger partial charge on any atom is -0.446 e. The van der Waals surface area contributed by atoms with Crippen LogP contribution in [-0.4, -0.2) is 178 Å². The average Bonchev–Trinajstić information content (AvgIpc) is 3.58. The standard InChI is InChI=1S/C55H90N12O18/c56-43-76-34-22-10-7-19-30-64-51(73)82-41-55(85-67-33-21-9-12-24-36-78-45-58,42-83-52(74)65-31-20-8-11-23-35-77-44-57)38-79-37-54(84-53(75)66-32-18-6-3-15-27-61-48-70,39-80-49(71)62-28-16-4-1-13-25-59-46-68)40-81-50(72)63-29-17-5-2-14-26-60-47-69/h67H,1-42H2,(H,62,71)(H,63,72)(H,64,73)(H,65,74)(H,66,75). The van der Waals surface area contributed by atoms with Crippen molar-refractivity contribution in [1.82, 2.24) is 32.1 Å². The number of nitrogens with zero attached hydrogens (tertiary/aromatic N) is 6. The maximum absolute atomic E-state index is 13.8. The Morgan fingerprint density at radius 3 is 0.953 bits per heavy atom. The van der Waals surface area contributed by atoms with Gasteiger partial charge in [0.25, 0.3) is 18.8 Å². The molecule has 0 aliphatic heterocycles. The highest BCUT2D eigenvalue weighted by atomic mass is 16.7. The minimum atomic E-state index is -2.10. The highest BCUT2D eigenvalue weighted by molar-refractivity contribution is 5.70. The predicted molar refractivity (Wildman–Crippen MR) is 302 cm³/mol. The van der Waals surface area contributed by atoms with Crippen molar-refractivity contribution >= 4 is 48.7 Å². The van der Waals surface area contributed by atoms with Crippen molar-refractivity contribution in [2.45, 2.75) is 165 Å². The van der Waals surface area contributed by atoms with Gasteiger partial charge in [0.15, 0.2) is 5.60 Å². The van der Waals surface area contributed by atoms with Gasteiger partial charge < -0.3 is 69.2 Å². The fourth-order valence-corrected chi connectivity index (χ4v) is 7.54. The van der Waals surface area contributed by atoms with Gasteiger partial charge in [0.2, 0.25) is 23.8 Å². The van der Waals surface area contributed by atoms with Crippen LogP contribution in [-0.2, 0) is 61.9 Å². The molecule has 0 aromatic rings. The Morgan fingerprint density at radius 1 is 0.341 bits per heavy atom. The number of ether oxygens (including phenoxy) is 9. The van der Waals surface area contributed by atoms with Crippen LogP contribution in [0.25, 0.3) is 0 Å². The number of unbranched alkanes of at least 4 members (excludes halogenated alkanes) is 18. The first-order valence-corrected chi connectivity index (χ1v) is 29.3. The van der Waals surface area contributed by atoms with E-state index in [0.29, 0.717) is 142 Å². The minimum absolute atomic E-state index is 0.127. The van der Waals surface area contributed by atoms with Crippen LogP contribution in [0.15, 0.2) is 15.0 Å². The largest absolute Gasteiger partial charge is 0.446 e. The summed E-state index contributed by atoms with van der Waals surface area (Å²) in [7, 11) is 0. The third-order valence-corrected chi connectivity index (χ3v) is 12.1. The summed E-state index contributed by atoms with van der Waals surface area (Å²) in [5.74, 6) is 0. The average molecular weight is 1210 g/mol. The van der Waals surface area contributed by atoms with E-state index in [1.807, 2.05) is 0 Å². The number of hydrogen-bond donors (Lipinski definition) is 6. The Kier molecular flexibility index (Phi) is 52.7. The summed E-state index contributed by atoms with van der Waals surface area (Å²) >= 11 is 0. The Bertz CT molecular complexity index is 1960. The Balaban J connectivity index is 7.02. The van der Waals surface area contributed by atoms with Gasteiger partial charge >= 0.3 is 30.5 Å². The molecule has 30 heteroatoms. The normalized spacial score (nSPS) is 11.1. The Labute approximate surface area is 498 Å². The van der Waals surface area contributed by atoms with E-state index in [9.17, 15) is 38.4 Å². The molecule has 0 saturated heterocycles. The maximum atomic E-state index is 13.8. The zero-order chi connectivity index (χ0) is 62.3. The second kappa shape index (κ2) is 58.0. The molecule has 0 rings (SSSR count). The summed E-state index contributed by atoms with van der Waals surface area (Å²) in [6.07, 6.45) is 20.5. The van der Waals surface area contributed by atoms with E-state index in [0.717, 1.165) is 32.1 Å². The monoisotopic (exact) mass is 1210 g/mol. The number of carbonyl (C=O) groups excluding carboxylic acids is 8. The van der Waals surface area contributed by atoms with Crippen LogP contribution in [0.5, 0.6) is 0 Å². The van der Waals surface area contributed by atoms with E-state index in [1.54, 1.807) is 18.8 Å². The van der Waals surface area contributed by atoms with E-state index in [4.69, 9.17) is 63.3 Å². The number of rotatable bonds is 57. The Morgan fingerprint density at radius 2 is 0.624 bits per heavy atom. The molecule has 0 atom stereocenters. The lowest BCUT2D eigenvalue weighted by molar-refractivity contribution is -0.195. The number of nitriles is 3. The van der Waals surface area contributed by atoms with Crippen LogP contribution in [0, 0.1) is 34.6 Å². The van der Waals surface area contributed by atoms with E-state index >= 15 is 0 Å². The number of carbonyl (C=O) groups is 5. The van der Waals surface area contributed by atoms with Crippen LogP contribution in [0.1, 0.15) is 154 Å². The van der Waals surface area contributed by atoms with Gasteiger partial charge in [-0.15, -0.1) is 0 Å². The molecule has 0 aliphatic carbocycles. The lowest BCUT2D eigenvalue weighted by atomic mass is 10.1. The Hall–Kier alpha value is -7.76. The first-order chi connectivity index (χ1) is 41.5. The van der Waals surface area contributed by atoms with Crippen molar-refractivity contribution in [3.8, 4) is 18.8 Å². The fraction of sp³-hybridized carbons (Fsp3) is 0.800. The molecule has 0 heterocycles. The summed E-state index contributed by atoms with van der Waals surface area (Å²) < 4.78 is 49.2. The third-order valence-electron chi connectivity index (χ3n) is 12.1. The molecule has 85 heavy (non-hydrogen) atoms. The highest BCUT2D eigenvalue weighted by Crippen LogP contribution is 2.20. The molecular formula is C55H90N12O18. The maximum Gasteiger partial charge on any atom is 0.408 e. The summed E-state index contributed by atoms with van der Waals surface area (Å²) in [6, 6.07) is 0. The van der Waals surface area contributed by atoms with Gasteiger partial charge in [0.1, 0.15) is 46.2 Å². The zero-order valence-corrected chi connectivity index (χ0v) is 49.2. The molecule has 0 bridgehead atoms. The molecule has 0 radical (unpaired) electrons. The van der Waals surface area contributed by atoms with E-state index in [1.165, 1.54) is 18.2 Å². The van der Waals surface area contributed by atoms with Crippen molar-refractivity contribution in [1.29, 1.82) is 15.8 Å². The number of isocyanates is 3. The smallest absolute Gasteiger partial charge is 0.408 e. The number of aliphatic imine (C=N–C) groups is 3. The number of hydrogen-bond acceptors (Lipinski definition) is 25. The molecule has 30 nitrogen and oxygen atoms in total. The lowest BCUT2D eigenvalue weighted by Gasteiger charge is -2.35. The quantitative estimate of drug-likeness (QED) is 0.00945. The van der Waals surface area contributed by atoms with Crippen LogP contribution < -0.4 is 32.1 Å². The van der Waals surface area contributed by atoms with Gasteiger partial charge in [-0.25, -0.2) is 58.8 Å². The summed E-state index contributed by atoms with van der Waals surface area (Å²) in [5, 5.41) is 39.3. The molecule has 6 N–H and O–H groups in total. The molecule has 5 amide bonds. The van der Waals surface area contributed by atoms with Gasteiger partial charge in [-0.1, -0.05) is 57.8 Å². The first-order valence-electron chi connectivity index (χ1n) is 29.3. The lowest BCUT2D eigenvalue weighted by Crippen LogP contribution is -2.55. The van der Waals surface area contributed by atoms with E-state index in [2.05, 4.69) is 47.0 Å². The van der Waals surface area contributed by atoms with Crippen molar-refractivity contribution in [2.75, 3.05) is 118 Å². The molecule has 0 aliphatic rings. The summed E-state index contributed by atoms with van der Waals surface area (Å²) in [6.45, 7) is -1.01. The van der Waals surface area contributed by atoms with Gasteiger partial charge in [-0.3, -0.25) is 4.84 Å². The SMILES string of the molecule is N#COCCCCCCNOC(COCC(COC(=O)NCCCCCCN=C=O)(COC(=O)NCCCCCCN=C=O)OC(=O)NCCCCCCN=C=O)(COC(=O)NCCCCCCOC#N)COC(=O)NCCCCCCOC#N. The van der Waals surface area contributed by atoms with Crippen LogP contribution >= 0.6 is 0 Å². The fourth-order valence-electron chi connectivity index (χ4n) is 7.54. The first kappa shape index (κ1) is 77.2. The predicted octanol–water partition coefficient (Wildman–Crippen LogP) is 6.50. The summed E-state index contributed by atoms with van der Waals surface area (Å²) in [5.41, 5.74) is -1.10. The van der Waals surface area contributed by atoms with Crippen molar-refractivity contribution in [3.05, 3.63) is 0 Å². The van der Waals surface area contributed by atoms with Gasteiger partial charge in [-0.2, -0.15) is 15.8 Å². The topological polar surface area (TPSA) is 409 Å². The summed E-state index contributed by atoms with van der Waals surface area (Å²) in [4.78, 5) is 115. The van der Waals surface area contributed by atoms with E-state index in [-0.39, 0.29) is 59.1 Å². The molecule has 0 unspecified atom stereocenters. The highest BCUT2D eigenvalue weighted by Gasteiger charge is 2.42. The molecule has 0 saturated carbocycles. The number of nitrogens with one attached hydrogen (secondary N) is 6. The van der Waals surface area contributed by atoms with Crippen molar-refractivity contribution in [2.24, 2.45) is 15.0 Å². The van der Waals surface area contributed by atoms with Crippen LogP contribution in [0.2, 0.25) is 0 Å². The van der Waals surface area contributed by atoms with Crippen LogP contribution in [0.3, 0.4) is 0 Å². The van der Waals surface area contributed by atoms with Crippen LogP contribution in [0.4, 0.5) is 24.0 Å². The van der Waals surface area contributed by atoms with Crippen molar-refractivity contribution in [3.63, 3.8) is 0 Å². The number of amides is 5. The molecule has 0 aromatic heterocycles. The van der Waals surface area contributed by atoms with Gasteiger partial charge in [-0.05, 0) is 96.3 Å². The second-order valence-corrected chi connectivity index (χ2v) is 19.4. The molecule has 478 valence electrons. The molecule has 0 spiro atoms. The zero-order valence-electron chi connectivity index (χ0n) is 49.2. The van der Waals surface area contributed by atoms with Gasteiger partial charge in [0.05, 0.1) is 32.8 Å². The van der Waals surface area contributed by atoms with Gasteiger partial charge in [0, 0.05) is 39.3 Å². The molecular weight excluding hydrogens is 1120 g/mol. The number of alkyl carbamates (subject to hydrolysis) is 5. The molecule has 0 fully saturated rings. The number of hydroxylamine groups is 1. The molecule has 0 aromatic carbocycles.